The molecular formula is C17H21NO. The summed E-state index contributed by atoms with van der Waals surface area (Å²) >= 11 is 0. The standard InChI is InChI=1S/C17H21NO/c1-12-5-4-6-16(9-12)19-17-11-15(10-14(3)18)8-7-13(17)2/h4-9,11,14H,10,18H2,1-3H3. The van der Waals surface area contributed by atoms with Crippen molar-refractivity contribution in [3.05, 3.63) is 59.2 Å². The molecule has 0 fully saturated rings. The summed E-state index contributed by atoms with van der Waals surface area (Å²) in [4.78, 5) is 0. The summed E-state index contributed by atoms with van der Waals surface area (Å²) in [6.45, 7) is 6.13. The first kappa shape index (κ1) is 13.6. The van der Waals surface area contributed by atoms with Crippen molar-refractivity contribution in [2.75, 3.05) is 0 Å². The fourth-order valence-corrected chi connectivity index (χ4v) is 2.06. The molecule has 0 aromatic heterocycles. The Morgan fingerprint density at radius 2 is 1.89 bits per heavy atom. The second-order valence-electron chi connectivity index (χ2n) is 5.20. The molecule has 0 amide bonds. The lowest BCUT2D eigenvalue weighted by molar-refractivity contribution is 0.477. The van der Waals surface area contributed by atoms with Crippen LogP contribution in [0.3, 0.4) is 0 Å². The quantitative estimate of drug-likeness (QED) is 0.896. The van der Waals surface area contributed by atoms with Gasteiger partial charge < -0.3 is 10.5 Å². The lowest BCUT2D eigenvalue weighted by atomic mass is 10.1. The highest BCUT2D eigenvalue weighted by atomic mass is 16.5. The molecule has 2 aromatic carbocycles. The van der Waals surface area contributed by atoms with E-state index in [2.05, 4.69) is 38.1 Å². The molecule has 1 unspecified atom stereocenters. The second-order valence-corrected chi connectivity index (χ2v) is 5.20. The average Bonchev–Trinajstić information content (AvgIpc) is 2.33. The molecule has 0 aliphatic rings. The van der Waals surface area contributed by atoms with Crippen molar-refractivity contribution in [2.45, 2.75) is 33.2 Å². The van der Waals surface area contributed by atoms with Crippen LogP contribution in [0.25, 0.3) is 0 Å². The van der Waals surface area contributed by atoms with Gasteiger partial charge in [0.15, 0.2) is 0 Å². The van der Waals surface area contributed by atoms with E-state index in [-0.39, 0.29) is 6.04 Å². The summed E-state index contributed by atoms with van der Waals surface area (Å²) in [6.07, 6.45) is 0.866. The maximum absolute atomic E-state index is 5.97. The minimum absolute atomic E-state index is 0.162. The van der Waals surface area contributed by atoms with Gasteiger partial charge in [-0.15, -0.1) is 0 Å². The summed E-state index contributed by atoms with van der Waals surface area (Å²) in [6, 6.07) is 14.5. The Bertz CT molecular complexity index is 561. The molecule has 0 aliphatic heterocycles. The third-order valence-corrected chi connectivity index (χ3v) is 3.03. The summed E-state index contributed by atoms with van der Waals surface area (Å²) in [5.74, 6) is 1.78. The monoisotopic (exact) mass is 255 g/mol. The molecule has 1 atom stereocenters. The minimum atomic E-state index is 0.162. The van der Waals surface area contributed by atoms with E-state index >= 15 is 0 Å². The summed E-state index contributed by atoms with van der Waals surface area (Å²) in [5, 5.41) is 0. The molecule has 2 N–H and O–H groups in total. The number of rotatable bonds is 4. The molecule has 0 aliphatic carbocycles. The van der Waals surface area contributed by atoms with Crippen molar-refractivity contribution in [3.63, 3.8) is 0 Å². The molecule has 2 nitrogen and oxygen atoms in total. The van der Waals surface area contributed by atoms with Gasteiger partial charge in [-0.25, -0.2) is 0 Å². The van der Waals surface area contributed by atoms with Crippen LogP contribution in [0.2, 0.25) is 0 Å². The van der Waals surface area contributed by atoms with Crippen molar-refractivity contribution in [1.29, 1.82) is 0 Å². The van der Waals surface area contributed by atoms with Crippen molar-refractivity contribution in [1.82, 2.24) is 0 Å². The fraction of sp³-hybridized carbons (Fsp3) is 0.294. The normalized spacial score (nSPS) is 12.2. The van der Waals surface area contributed by atoms with Crippen LogP contribution in [0.5, 0.6) is 11.5 Å². The first-order chi connectivity index (χ1) is 9.04. The Morgan fingerprint density at radius 3 is 2.58 bits per heavy atom. The van der Waals surface area contributed by atoms with Gasteiger partial charge in [-0.1, -0.05) is 24.3 Å². The van der Waals surface area contributed by atoms with Crippen molar-refractivity contribution < 1.29 is 4.74 Å². The van der Waals surface area contributed by atoms with Crippen molar-refractivity contribution >= 4 is 0 Å². The van der Waals surface area contributed by atoms with Gasteiger partial charge in [0.05, 0.1) is 0 Å². The van der Waals surface area contributed by atoms with Gasteiger partial charge in [-0.2, -0.15) is 0 Å². The summed E-state index contributed by atoms with van der Waals surface area (Å²) in [5.41, 5.74) is 9.39. The van der Waals surface area contributed by atoms with E-state index in [9.17, 15) is 0 Å². The van der Waals surface area contributed by atoms with E-state index in [1.165, 1.54) is 11.1 Å². The van der Waals surface area contributed by atoms with E-state index in [0.29, 0.717) is 0 Å². The van der Waals surface area contributed by atoms with Gasteiger partial charge in [0.1, 0.15) is 11.5 Å². The molecule has 0 saturated heterocycles. The van der Waals surface area contributed by atoms with Gasteiger partial charge in [0.25, 0.3) is 0 Å². The van der Waals surface area contributed by atoms with Crippen LogP contribution >= 0.6 is 0 Å². The van der Waals surface area contributed by atoms with Crippen LogP contribution in [0, 0.1) is 13.8 Å². The maximum atomic E-state index is 5.97. The summed E-state index contributed by atoms with van der Waals surface area (Å²) < 4.78 is 5.97. The minimum Gasteiger partial charge on any atom is -0.457 e. The number of aryl methyl sites for hydroxylation is 2. The van der Waals surface area contributed by atoms with Crippen LogP contribution in [-0.2, 0) is 6.42 Å². The van der Waals surface area contributed by atoms with E-state index in [1.807, 2.05) is 25.1 Å². The Kier molecular flexibility index (Phi) is 4.23. The average molecular weight is 255 g/mol. The van der Waals surface area contributed by atoms with Gasteiger partial charge >= 0.3 is 0 Å². The maximum Gasteiger partial charge on any atom is 0.130 e. The molecule has 100 valence electrons. The molecule has 19 heavy (non-hydrogen) atoms. The molecular weight excluding hydrogens is 234 g/mol. The SMILES string of the molecule is Cc1cccc(Oc2cc(CC(C)N)ccc2C)c1. The number of hydrogen-bond donors (Lipinski definition) is 1. The van der Waals surface area contributed by atoms with Crippen molar-refractivity contribution in [2.24, 2.45) is 5.73 Å². The highest BCUT2D eigenvalue weighted by Crippen LogP contribution is 2.27. The lowest BCUT2D eigenvalue weighted by Crippen LogP contribution is -2.17. The van der Waals surface area contributed by atoms with Gasteiger partial charge in [-0.3, -0.25) is 0 Å². The number of benzene rings is 2. The molecule has 0 radical (unpaired) electrons. The van der Waals surface area contributed by atoms with E-state index in [4.69, 9.17) is 10.5 Å². The molecule has 0 bridgehead atoms. The van der Waals surface area contributed by atoms with E-state index < -0.39 is 0 Å². The fourth-order valence-electron chi connectivity index (χ4n) is 2.06. The molecule has 2 heteroatoms. The number of hydrogen-bond acceptors (Lipinski definition) is 2. The Hall–Kier alpha value is -1.80. The Labute approximate surface area is 115 Å². The predicted molar refractivity (Wildman–Crippen MR) is 79.8 cm³/mol. The highest BCUT2D eigenvalue weighted by molar-refractivity contribution is 5.41. The third-order valence-electron chi connectivity index (χ3n) is 3.03. The predicted octanol–water partition coefficient (Wildman–Crippen LogP) is 3.99. The zero-order chi connectivity index (χ0) is 13.8. The van der Waals surface area contributed by atoms with Gasteiger partial charge in [-0.05, 0) is 62.1 Å². The summed E-state index contributed by atoms with van der Waals surface area (Å²) in [7, 11) is 0. The number of nitrogens with two attached hydrogens (primary N) is 1. The van der Waals surface area contributed by atoms with Gasteiger partial charge in [0.2, 0.25) is 0 Å². The van der Waals surface area contributed by atoms with Crippen molar-refractivity contribution in [3.8, 4) is 11.5 Å². The highest BCUT2D eigenvalue weighted by Gasteiger charge is 2.05. The van der Waals surface area contributed by atoms with Gasteiger partial charge in [0, 0.05) is 6.04 Å². The van der Waals surface area contributed by atoms with Crippen LogP contribution in [0.4, 0.5) is 0 Å². The zero-order valence-electron chi connectivity index (χ0n) is 11.8. The van der Waals surface area contributed by atoms with Crippen LogP contribution in [0.15, 0.2) is 42.5 Å². The second kappa shape index (κ2) is 5.89. The Morgan fingerprint density at radius 1 is 1.11 bits per heavy atom. The van der Waals surface area contributed by atoms with Crippen LogP contribution in [-0.4, -0.2) is 6.04 Å². The van der Waals surface area contributed by atoms with E-state index in [0.717, 1.165) is 23.5 Å². The first-order valence-corrected chi connectivity index (χ1v) is 6.64. The molecule has 0 saturated carbocycles. The topological polar surface area (TPSA) is 35.2 Å². The first-order valence-electron chi connectivity index (χ1n) is 6.64. The zero-order valence-corrected chi connectivity index (χ0v) is 11.8. The molecule has 0 heterocycles. The Balaban J connectivity index is 2.23. The van der Waals surface area contributed by atoms with E-state index in [1.54, 1.807) is 0 Å². The number of ether oxygens (including phenoxy) is 1. The third kappa shape index (κ3) is 3.83. The smallest absolute Gasteiger partial charge is 0.130 e. The molecule has 2 rings (SSSR count). The molecule has 0 spiro atoms. The lowest BCUT2D eigenvalue weighted by Gasteiger charge is -2.12. The molecule has 2 aromatic rings. The largest absolute Gasteiger partial charge is 0.457 e. The van der Waals surface area contributed by atoms with Crippen LogP contribution < -0.4 is 10.5 Å². The van der Waals surface area contributed by atoms with Crippen LogP contribution in [0.1, 0.15) is 23.6 Å².